The molecule has 2 aliphatic rings. The molecule has 1 spiro atoms. The molecule has 2 heterocycles. The van der Waals surface area contributed by atoms with Crippen molar-refractivity contribution >= 4 is 0 Å². The molecule has 3 heteroatoms. The van der Waals surface area contributed by atoms with E-state index in [9.17, 15) is 0 Å². The van der Waals surface area contributed by atoms with Crippen LogP contribution in [0.4, 0.5) is 0 Å². The van der Waals surface area contributed by atoms with E-state index >= 15 is 0 Å². The van der Waals surface area contributed by atoms with Gasteiger partial charge in [0.05, 0.1) is 17.7 Å². The molecule has 1 N–H and O–H groups in total. The molecule has 0 radical (unpaired) electrons. The van der Waals surface area contributed by atoms with E-state index in [4.69, 9.17) is 9.15 Å². The molecule has 1 aromatic rings. The summed E-state index contributed by atoms with van der Waals surface area (Å²) in [5.41, 5.74) is 0.231. The molecule has 0 amide bonds. The van der Waals surface area contributed by atoms with Crippen LogP contribution in [0.2, 0.25) is 0 Å². The van der Waals surface area contributed by atoms with E-state index in [0.29, 0.717) is 6.10 Å². The Morgan fingerprint density at radius 3 is 2.75 bits per heavy atom. The summed E-state index contributed by atoms with van der Waals surface area (Å²) in [6.45, 7) is 5.08. The van der Waals surface area contributed by atoms with Gasteiger partial charge >= 0.3 is 0 Å². The van der Waals surface area contributed by atoms with E-state index in [2.05, 4.69) is 18.3 Å². The number of rotatable bonds is 4. The lowest BCUT2D eigenvalue weighted by atomic mass is 9.83. The highest BCUT2D eigenvalue weighted by atomic mass is 16.5. The summed E-state index contributed by atoms with van der Waals surface area (Å²) in [7, 11) is 0. The van der Waals surface area contributed by atoms with Gasteiger partial charge in [0.25, 0.3) is 0 Å². The Morgan fingerprint density at radius 2 is 2.05 bits per heavy atom. The van der Waals surface area contributed by atoms with Crippen LogP contribution in [0.15, 0.2) is 16.5 Å². The average molecular weight is 277 g/mol. The molecule has 0 bridgehead atoms. The van der Waals surface area contributed by atoms with Crippen molar-refractivity contribution < 1.29 is 9.15 Å². The predicted octanol–water partition coefficient (Wildman–Crippen LogP) is 4.12. The van der Waals surface area contributed by atoms with Crippen LogP contribution in [0.1, 0.15) is 69.4 Å². The lowest BCUT2D eigenvalue weighted by molar-refractivity contribution is -0.0629. The van der Waals surface area contributed by atoms with Crippen molar-refractivity contribution in [1.29, 1.82) is 0 Å². The van der Waals surface area contributed by atoms with E-state index < -0.39 is 0 Å². The quantitative estimate of drug-likeness (QED) is 0.899. The summed E-state index contributed by atoms with van der Waals surface area (Å²) in [6, 6.07) is 4.34. The van der Waals surface area contributed by atoms with Crippen molar-refractivity contribution in [2.24, 2.45) is 0 Å². The maximum absolute atomic E-state index is 6.39. The summed E-state index contributed by atoms with van der Waals surface area (Å²) in [5, 5.41) is 3.56. The summed E-state index contributed by atoms with van der Waals surface area (Å²) in [4.78, 5) is 0. The molecule has 1 aliphatic heterocycles. The van der Waals surface area contributed by atoms with Gasteiger partial charge in [-0.25, -0.2) is 0 Å². The Bertz CT molecular complexity index is 434. The molecule has 2 fully saturated rings. The third-order valence-electron chi connectivity index (χ3n) is 4.94. The van der Waals surface area contributed by atoms with Gasteiger partial charge in [-0.05, 0) is 51.7 Å². The predicted molar refractivity (Wildman–Crippen MR) is 79.8 cm³/mol. The molecule has 3 nitrogen and oxygen atoms in total. The summed E-state index contributed by atoms with van der Waals surface area (Å²) >= 11 is 0. The Labute approximate surface area is 122 Å². The Hall–Kier alpha value is -0.800. The number of nitrogens with one attached hydrogen (secondary N) is 1. The van der Waals surface area contributed by atoms with E-state index in [1.165, 1.54) is 44.9 Å². The number of aryl methyl sites for hydroxylation is 1. The molecule has 3 rings (SSSR count). The first kappa shape index (κ1) is 14.2. The SMILES string of the molecule is Cc1ccc(C(C)NCC2CCC3(CCCCC3)O2)o1. The third kappa shape index (κ3) is 3.09. The summed E-state index contributed by atoms with van der Waals surface area (Å²) in [6.07, 6.45) is 9.48. The highest BCUT2D eigenvalue weighted by Crippen LogP contribution is 2.41. The van der Waals surface area contributed by atoms with Crippen LogP contribution in [0.25, 0.3) is 0 Å². The van der Waals surface area contributed by atoms with Crippen molar-refractivity contribution in [3.05, 3.63) is 23.7 Å². The van der Waals surface area contributed by atoms with Gasteiger partial charge in [0, 0.05) is 6.54 Å². The van der Waals surface area contributed by atoms with Gasteiger partial charge < -0.3 is 14.5 Å². The second-order valence-electron chi connectivity index (χ2n) is 6.60. The number of furan rings is 1. The van der Waals surface area contributed by atoms with Crippen LogP contribution in [-0.2, 0) is 4.74 Å². The largest absolute Gasteiger partial charge is 0.465 e. The molecule has 0 aromatic carbocycles. The highest BCUT2D eigenvalue weighted by Gasteiger charge is 2.40. The molecule has 2 unspecified atom stereocenters. The molecule has 112 valence electrons. The van der Waals surface area contributed by atoms with Crippen LogP contribution in [-0.4, -0.2) is 18.2 Å². The van der Waals surface area contributed by atoms with Gasteiger partial charge in [0.2, 0.25) is 0 Å². The zero-order chi connectivity index (χ0) is 14.0. The number of ether oxygens (including phenoxy) is 1. The summed E-state index contributed by atoms with van der Waals surface area (Å²) in [5.74, 6) is 2.00. The van der Waals surface area contributed by atoms with Gasteiger partial charge in [-0.1, -0.05) is 19.3 Å². The minimum absolute atomic E-state index is 0.231. The standard InChI is InChI=1S/C17H27NO2/c1-13-6-7-16(19-13)14(2)18-12-15-8-11-17(20-15)9-4-3-5-10-17/h6-7,14-15,18H,3-5,8-12H2,1-2H3. The number of hydrogen-bond donors (Lipinski definition) is 1. The van der Waals surface area contributed by atoms with E-state index in [1.54, 1.807) is 0 Å². The van der Waals surface area contributed by atoms with Crippen LogP contribution >= 0.6 is 0 Å². The Morgan fingerprint density at radius 1 is 1.25 bits per heavy atom. The fourth-order valence-corrected chi connectivity index (χ4v) is 3.70. The average Bonchev–Trinajstić information content (AvgIpc) is 3.05. The fraction of sp³-hybridized carbons (Fsp3) is 0.765. The molecular weight excluding hydrogens is 250 g/mol. The molecule has 1 saturated carbocycles. The monoisotopic (exact) mass is 277 g/mol. The normalized spacial score (nSPS) is 27.0. The topological polar surface area (TPSA) is 34.4 Å². The molecule has 2 atom stereocenters. The first-order chi connectivity index (χ1) is 9.67. The first-order valence-electron chi connectivity index (χ1n) is 8.14. The van der Waals surface area contributed by atoms with Crippen LogP contribution in [0.5, 0.6) is 0 Å². The molecule has 1 saturated heterocycles. The van der Waals surface area contributed by atoms with Crippen LogP contribution < -0.4 is 5.32 Å². The zero-order valence-electron chi connectivity index (χ0n) is 12.8. The van der Waals surface area contributed by atoms with E-state index in [0.717, 1.165) is 18.1 Å². The van der Waals surface area contributed by atoms with E-state index in [1.807, 2.05) is 13.0 Å². The van der Waals surface area contributed by atoms with Gasteiger partial charge in [0.1, 0.15) is 11.5 Å². The van der Waals surface area contributed by atoms with Crippen molar-refractivity contribution in [1.82, 2.24) is 5.32 Å². The van der Waals surface area contributed by atoms with Crippen LogP contribution in [0.3, 0.4) is 0 Å². The minimum atomic E-state index is 0.231. The second-order valence-corrected chi connectivity index (χ2v) is 6.60. The molecular formula is C17H27NO2. The van der Waals surface area contributed by atoms with Crippen molar-refractivity contribution in [3.8, 4) is 0 Å². The Kier molecular flexibility index (Phi) is 4.18. The van der Waals surface area contributed by atoms with E-state index in [-0.39, 0.29) is 11.6 Å². The van der Waals surface area contributed by atoms with Gasteiger partial charge in [-0.2, -0.15) is 0 Å². The smallest absolute Gasteiger partial charge is 0.120 e. The maximum Gasteiger partial charge on any atom is 0.120 e. The zero-order valence-corrected chi connectivity index (χ0v) is 12.8. The van der Waals surface area contributed by atoms with Gasteiger partial charge in [0.15, 0.2) is 0 Å². The fourth-order valence-electron chi connectivity index (χ4n) is 3.70. The van der Waals surface area contributed by atoms with Gasteiger partial charge in [-0.3, -0.25) is 0 Å². The number of hydrogen-bond acceptors (Lipinski definition) is 3. The van der Waals surface area contributed by atoms with Crippen molar-refractivity contribution in [2.75, 3.05) is 6.54 Å². The maximum atomic E-state index is 6.39. The molecule has 1 aliphatic carbocycles. The first-order valence-corrected chi connectivity index (χ1v) is 8.14. The summed E-state index contributed by atoms with van der Waals surface area (Å²) < 4.78 is 12.1. The molecule has 20 heavy (non-hydrogen) atoms. The van der Waals surface area contributed by atoms with Crippen molar-refractivity contribution in [3.63, 3.8) is 0 Å². The lowest BCUT2D eigenvalue weighted by Crippen LogP contribution is -2.35. The Balaban J connectivity index is 1.47. The second kappa shape index (κ2) is 5.90. The van der Waals surface area contributed by atoms with Crippen LogP contribution in [0, 0.1) is 6.92 Å². The van der Waals surface area contributed by atoms with Crippen molar-refractivity contribution in [2.45, 2.75) is 76.5 Å². The minimum Gasteiger partial charge on any atom is -0.465 e. The third-order valence-corrected chi connectivity index (χ3v) is 4.94. The lowest BCUT2D eigenvalue weighted by Gasteiger charge is -2.33. The highest BCUT2D eigenvalue weighted by molar-refractivity contribution is 5.09. The van der Waals surface area contributed by atoms with Gasteiger partial charge in [-0.15, -0.1) is 0 Å². The molecule has 1 aromatic heterocycles.